The molecule has 0 radical (unpaired) electrons. The van der Waals surface area contributed by atoms with Crippen LogP contribution in [0.25, 0.3) is 0 Å². The van der Waals surface area contributed by atoms with Crippen molar-refractivity contribution >= 4 is 34.0 Å². The number of benzene rings is 1. The minimum atomic E-state index is -0.221. The predicted molar refractivity (Wildman–Crippen MR) is 76.9 cm³/mol. The second-order valence-corrected chi connectivity index (χ2v) is 6.07. The zero-order chi connectivity index (χ0) is 14.0. The summed E-state index contributed by atoms with van der Waals surface area (Å²) in [6.45, 7) is 3.85. The first-order chi connectivity index (χ1) is 9.02. The van der Waals surface area contributed by atoms with Crippen molar-refractivity contribution in [1.29, 1.82) is 0 Å². The van der Waals surface area contributed by atoms with E-state index in [1.807, 2.05) is 26.0 Å². The fourth-order valence-electron chi connectivity index (χ4n) is 1.59. The fraction of sp³-hybridized carbons (Fsp3) is 0.250. The Morgan fingerprint density at radius 2 is 2.21 bits per heavy atom. The molecular weight excluding hydrogens is 330 g/mol. The lowest BCUT2D eigenvalue weighted by Crippen LogP contribution is -2.19. The van der Waals surface area contributed by atoms with Crippen molar-refractivity contribution < 1.29 is 4.79 Å². The van der Waals surface area contributed by atoms with E-state index in [9.17, 15) is 9.59 Å². The quantitative estimate of drug-likeness (QED) is 0.868. The van der Waals surface area contributed by atoms with Crippen LogP contribution in [0.2, 0.25) is 0 Å². The summed E-state index contributed by atoms with van der Waals surface area (Å²) in [5, 5.41) is 7.06. The Kier molecular flexibility index (Phi) is 4.26. The van der Waals surface area contributed by atoms with Crippen LogP contribution in [0, 0.1) is 0 Å². The molecule has 0 saturated carbocycles. The molecule has 5 nitrogen and oxygen atoms in total. The van der Waals surface area contributed by atoms with Crippen LogP contribution < -0.4 is 5.69 Å². The highest BCUT2D eigenvalue weighted by Crippen LogP contribution is 2.29. The van der Waals surface area contributed by atoms with Crippen molar-refractivity contribution in [1.82, 2.24) is 14.8 Å². The number of aromatic amines is 1. The average molecular weight is 342 g/mol. The van der Waals surface area contributed by atoms with Gasteiger partial charge in [0, 0.05) is 21.0 Å². The van der Waals surface area contributed by atoms with Crippen molar-refractivity contribution in [3.05, 3.63) is 38.7 Å². The van der Waals surface area contributed by atoms with Crippen LogP contribution in [0.4, 0.5) is 0 Å². The third kappa shape index (κ3) is 2.98. The Labute approximate surface area is 122 Å². The van der Waals surface area contributed by atoms with Gasteiger partial charge < -0.3 is 0 Å². The lowest BCUT2D eigenvalue weighted by molar-refractivity contribution is 0.112. The minimum absolute atomic E-state index is 0.0337. The standard InChI is InChI=1S/C12H12BrN3O2S/c1-7(2)16-11(18)14-15-12(16)19-9-4-3-8(6-17)10(13)5-9/h3-7H,1-2H3,(H,14,18). The number of hydrogen-bond acceptors (Lipinski definition) is 4. The zero-order valence-corrected chi connectivity index (χ0v) is 12.8. The summed E-state index contributed by atoms with van der Waals surface area (Å²) in [6, 6.07) is 5.41. The van der Waals surface area contributed by atoms with Crippen molar-refractivity contribution in [2.45, 2.75) is 29.9 Å². The molecule has 1 aromatic heterocycles. The molecule has 0 fully saturated rings. The van der Waals surface area contributed by atoms with E-state index >= 15 is 0 Å². The molecule has 19 heavy (non-hydrogen) atoms. The SMILES string of the molecule is CC(C)n1c(Sc2ccc(C=O)c(Br)c2)n[nH]c1=O. The lowest BCUT2D eigenvalue weighted by Gasteiger charge is -2.08. The van der Waals surface area contributed by atoms with E-state index in [4.69, 9.17) is 0 Å². The van der Waals surface area contributed by atoms with Crippen molar-refractivity contribution in [3.8, 4) is 0 Å². The molecule has 1 aromatic carbocycles. The highest BCUT2D eigenvalue weighted by Gasteiger charge is 2.13. The zero-order valence-electron chi connectivity index (χ0n) is 10.4. The third-order valence-electron chi connectivity index (χ3n) is 2.50. The number of rotatable bonds is 4. The fourth-order valence-corrected chi connectivity index (χ4v) is 3.22. The van der Waals surface area contributed by atoms with Crippen LogP contribution in [0.15, 0.2) is 37.5 Å². The monoisotopic (exact) mass is 341 g/mol. The number of aromatic nitrogens is 3. The Morgan fingerprint density at radius 1 is 1.47 bits per heavy atom. The van der Waals surface area contributed by atoms with Crippen molar-refractivity contribution in [2.75, 3.05) is 0 Å². The van der Waals surface area contributed by atoms with E-state index in [1.54, 1.807) is 10.6 Å². The number of H-pyrrole nitrogens is 1. The number of hydrogen-bond donors (Lipinski definition) is 1. The van der Waals surface area contributed by atoms with Gasteiger partial charge >= 0.3 is 5.69 Å². The molecule has 0 unspecified atom stereocenters. The Morgan fingerprint density at radius 3 is 2.79 bits per heavy atom. The molecule has 0 saturated heterocycles. The van der Waals surface area contributed by atoms with Crippen LogP contribution in [-0.2, 0) is 0 Å². The summed E-state index contributed by atoms with van der Waals surface area (Å²) in [5.74, 6) is 0. The van der Waals surface area contributed by atoms with Gasteiger partial charge in [0.2, 0.25) is 0 Å². The normalized spacial score (nSPS) is 10.9. The van der Waals surface area contributed by atoms with Crippen molar-refractivity contribution in [3.63, 3.8) is 0 Å². The van der Waals surface area contributed by atoms with Gasteiger partial charge in [0.05, 0.1) is 0 Å². The molecule has 0 spiro atoms. The van der Waals surface area contributed by atoms with Crippen LogP contribution in [0.1, 0.15) is 30.2 Å². The molecule has 0 amide bonds. The third-order valence-corrected chi connectivity index (χ3v) is 4.14. The van der Waals surface area contributed by atoms with Gasteiger partial charge in [-0.15, -0.1) is 5.10 Å². The van der Waals surface area contributed by atoms with E-state index < -0.39 is 0 Å². The van der Waals surface area contributed by atoms with E-state index in [1.165, 1.54) is 11.8 Å². The molecule has 0 bridgehead atoms. The number of nitrogens with zero attached hydrogens (tertiary/aromatic N) is 2. The van der Waals surface area contributed by atoms with Gasteiger partial charge in [-0.3, -0.25) is 9.36 Å². The van der Waals surface area contributed by atoms with Crippen LogP contribution in [0.5, 0.6) is 0 Å². The number of halogens is 1. The average Bonchev–Trinajstić information content (AvgIpc) is 2.70. The Hall–Kier alpha value is -1.34. The molecule has 0 aliphatic carbocycles. The van der Waals surface area contributed by atoms with Gasteiger partial charge in [-0.1, -0.05) is 15.9 Å². The van der Waals surface area contributed by atoms with Crippen LogP contribution in [0.3, 0.4) is 0 Å². The first kappa shape index (κ1) is 14.1. The summed E-state index contributed by atoms with van der Waals surface area (Å²) >= 11 is 4.70. The van der Waals surface area contributed by atoms with Crippen LogP contribution >= 0.6 is 27.7 Å². The highest BCUT2D eigenvalue weighted by atomic mass is 79.9. The smallest absolute Gasteiger partial charge is 0.298 e. The molecule has 0 aliphatic rings. The number of carbonyl (C=O) groups excluding carboxylic acids is 1. The van der Waals surface area contributed by atoms with Gasteiger partial charge in [-0.05, 0) is 43.8 Å². The Bertz CT molecular complexity index is 663. The van der Waals surface area contributed by atoms with Crippen LogP contribution in [-0.4, -0.2) is 21.1 Å². The molecule has 0 aliphatic heterocycles. The number of aldehydes is 1. The summed E-state index contributed by atoms with van der Waals surface area (Å²) in [7, 11) is 0. The molecule has 2 aromatic rings. The largest absolute Gasteiger partial charge is 0.344 e. The predicted octanol–water partition coefficient (Wildman–Crippen LogP) is 2.88. The maximum atomic E-state index is 11.6. The van der Waals surface area contributed by atoms with E-state index in [-0.39, 0.29) is 11.7 Å². The van der Waals surface area contributed by atoms with E-state index in [0.29, 0.717) is 10.7 Å². The molecule has 100 valence electrons. The topological polar surface area (TPSA) is 67.8 Å². The maximum Gasteiger partial charge on any atom is 0.344 e. The first-order valence-electron chi connectivity index (χ1n) is 5.62. The van der Waals surface area contributed by atoms with Gasteiger partial charge in [0.15, 0.2) is 11.4 Å². The number of carbonyl (C=O) groups is 1. The molecule has 7 heteroatoms. The second kappa shape index (κ2) is 5.75. The summed E-state index contributed by atoms with van der Waals surface area (Å²) in [5.41, 5.74) is 0.369. The Balaban J connectivity index is 2.34. The molecule has 2 rings (SSSR count). The van der Waals surface area contributed by atoms with Gasteiger partial charge in [-0.2, -0.15) is 0 Å². The minimum Gasteiger partial charge on any atom is -0.298 e. The van der Waals surface area contributed by atoms with Gasteiger partial charge in [-0.25, -0.2) is 9.89 Å². The summed E-state index contributed by atoms with van der Waals surface area (Å²) in [4.78, 5) is 23.3. The van der Waals surface area contributed by atoms with Gasteiger partial charge in [0.25, 0.3) is 0 Å². The molecular formula is C12H12BrN3O2S. The molecule has 1 N–H and O–H groups in total. The van der Waals surface area contributed by atoms with E-state index in [2.05, 4.69) is 26.1 Å². The maximum absolute atomic E-state index is 11.6. The van der Waals surface area contributed by atoms with Crippen molar-refractivity contribution in [2.24, 2.45) is 0 Å². The number of nitrogens with one attached hydrogen (secondary N) is 1. The lowest BCUT2D eigenvalue weighted by atomic mass is 10.2. The second-order valence-electron chi connectivity index (χ2n) is 4.18. The summed E-state index contributed by atoms with van der Waals surface area (Å²) in [6.07, 6.45) is 0.789. The first-order valence-corrected chi connectivity index (χ1v) is 7.23. The molecule has 0 atom stereocenters. The van der Waals surface area contributed by atoms with Gasteiger partial charge in [0.1, 0.15) is 0 Å². The molecule has 1 heterocycles. The highest BCUT2D eigenvalue weighted by molar-refractivity contribution is 9.10. The summed E-state index contributed by atoms with van der Waals surface area (Å²) < 4.78 is 2.31. The van der Waals surface area contributed by atoms with E-state index in [0.717, 1.165) is 15.7 Å².